The number of nitrogens with zero attached hydrogens (tertiary/aromatic N) is 2. The summed E-state index contributed by atoms with van der Waals surface area (Å²) in [6.45, 7) is 2.71. The molecule has 1 heterocycles. The van der Waals surface area contributed by atoms with Crippen molar-refractivity contribution in [1.29, 1.82) is 0 Å². The van der Waals surface area contributed by atoms with Crippen LogP contribution in [0.5, 0.6) is 0 Å². The van der Waals surface area contributed by atoms with Gasteiger partial charge in [-0.15, -0.1) is 0 Å². The molecule has 0 aromatic carbocycles. The van der Waals surface area contributed by atoms with Gasteiger partial charge in [-0.2, -0.15) is 5.10 Å². The second kappa shape index (κ2) is 3.50. The van der Waals surface area contributed by atoms with Gasteiger partial charge >= 0.3 is 0 Å². The molecule has 0 fully saturated rings. The van der Waals surface area contributed by atoms with Crippen molar-refractivity contribution in [2.75, 3.05) is 6.54 Å². The Morgan fingerprint density at radius 3 is 3.00 bits per heavy atom. The number of nitrogens with two attached hydrogens (primary N) is 1. The molecule has 0 spiro atoms. The lowest BCUT2D eigenvalue weighted by molar-refractivity contribution is 0.157. The van der Waals surface area contributed by atoms with Gasteiger partial charge in [-0.3, -0.25) is 4.68 Å². The van der Waals surface area contributed by atoms with Crippen molar-refractivity contribution in [2.24, 2.45) is 5.73 Å². The summed E-state index contributed by atoms with van der Waals surface area (Å²) in [5.41, 5.74) is 6.33. The summed E-state index contributed by atoms with van der Waals surface area (Å²) in [6.07, 6.45) is 3.14. The zero-order valence-electron chi connectivity index (χ0n) is 6.57. The summed E-state index contributed by atoms with van der Waals surface area (Å²) in [4.78, 5) is 0. The molecule has 1 aromatic rings. The molecule has 62 valence electrons. The molecule has 0 bridgehead atoms. The summed E-state index contributed by atoms with van der Waals surface area (Å²) >= 11 is 0. The monoisotopic (exact) mass is 155 g/mol. The van der Waals surface area contributed by atoms with Gasteiger partial charge < -0.3 is 10.8 Å². The predicted molar refractivity (Wildman–Crippen MR) is 42.0 cm³/mol. The van der Waals surface area contributed by atoms with Crippen LogP contribution in [0.3, 0.4) is 0 Å². The minimum absolute atomic E-state index is 0.277. The third-order valence-corrected chi connectivity index (χ3v) is 1.43. The maximum Gasteiger partial charge on any atom is 0.0857 e. The standard InChI is InChI=1S/C7H13N3O/c1-6-3-9-10(4-6)5-7(11)2-8/h3-4,7,11H,2,5,8H2,1H3. The highest BCUT2D eigenvalue weighted by Gasteiger charge is 2.01. The Balaban J connectivity index is 2.50. The Morgan fingerprint density at radius 2 is 2.55 bits per heavy atom. The zero-order valence-corrected chi connectivity index (χ0v) is 6.57. The average molecular weight is 155 g/mol. The van der Waals surface area contributed by atoms with E-state index in [0.717, 1.165) is 5.56 Å². The predicted octanol–water partition coefficient (Wildman–Crippen LogP) is -0.489. The van der Waals surface area contributed by atoms with Crippen LogP contribution in [0, 0.1) is 6.92 Å². The molecule has 4 nitrogen and oxygen atoms in total. The third kappa shape index (κ3) is 2.32. The van der Waals surface area contributed by atoms with Crippen molar-refractivity contribution < 1.29 is 5.11 Å². The molecule has 4 heteroatoms. The van der Waals surface area contributed by atoms with Gasteiger partial charge in [0, 0.05) is 12.7 Å². The van der Waals surface area contributed by atoms with E-state index < -0.39 is 6.10 Å². The molecular formula is C7H13N3O. The van der Waals surface area contributed by atoms with E-state index in [1.807, 2.05) is 13.1 Å². The molecular weight excluding hydrogens is 142 g/mol. The van der Waals surface area contributed by atoms with Gasteiger partial charge in [0.2, 0.25) is 0 Å². The maximum absolute atomic E-state index is 9.13. The molecule has 0 saturated heterocycles. The average Bonchev–Trinajstić information content (AvgIpc) is 2.35. The zero-order chi connectivity index (χ0) is 8.27. The third-order valence-electron chi connectivity index (χ3n) is 1.43. The van der Waals surface area contributed by atoms with E-state index in [2.05, 4.69) is 5.10 Å². The van der Waals surface area contributed by atoms with Crippen LogP contribution in [-0.2, 0) is 6.54 Å². The first-order valence-corrected chi connectivity index (χ1v) is 3.59. The Bertz CT molecular complexity index is 221. The summed E-state index contributed by atoms with van der Waals surface area (Å²) in [6, 6.07) is 0. The van der Waals surface area contributed by atoms with Crippen molar-refractivity contribution in [3.05, 3.63) is 18.0 Å². The van der Waals surface area contributed by atoms with E-state index in [1.165, 1.54) is 0 Å². The molecule has 0 aliphatic carbocycles. The van der Waals surface area contributed by atoms with E-state index in [-0.39, 0.29) is 6.54 Å². The molecule has 1 atom stereocenters. The molecule has 1 rings (SSSR count). The fraction of sp³-hybridized carbons (Fsp3) is 0.571. The minimum atomic E-state index is -0.491. The van der Waals surface area contributed by atoms with Crippen LogP contribution in [0.1, 0.15) is 5.56 Å². The first-order chi connectivity index (χ1) is 5.22. The lowest BCUT2D eigenvalue weighted by Gasteiger charge is -2.06. The van der Waals surface area contributed by atoms with Crippen LogP contribution in [0.15, 0.2) is 12.4 Å². The fourth-order valence-corrected chi connectivity index (χ4v) is 0.857. The van der Waals surface area contributed by atoms with Gasteiger partial charge in [-0.1, -0.05) is 0 Å². The number of aromatic nitrogens is 2. The quantitative estimate of drug-likeness (QED) is 0.619. The summed E-state index contributed by atoms with van der Waals surface area (Å²) < 4.78 is 1.69. The molecule has 0 radical (unpaired) electrons. The van der Waals surface area contributed by atoms with Gasteiger partial charge in [0.25, 0.3) is 0 Å². The number of hydrogen-bond acceptors (Lipinski definition) is 3. The van der Waals surface area contributed by atoms with Crippen molar-refractivity contribution in [3.63, 3.8) is 0 Å². The molecule has 1 aromatic heterocycles. The van der Waals surface area contributed by atoms with Crippen LogP contribution in [-0.4, -0.2) is 27.5 Å². The van der Waals surface area contributed by atoms with Crippen molar-refractivity contribution in [2.45, 2.75) is 19.6 Å². The van der Waals surface area contributed by atoms with Crippen molar-refractivity contribution in [3.8, 4) is 0 Å². The van der Waals surface area contributed by atoms with Gasteiger partial charge in [0.1, 0.15) is 0 Å². The Kier molecular flexibility index (Phi) is 2.62. The van der Waals surface area contributed by atoms with Crippen molar-refractivity contribution >= 4 is 0 Å². The molecule has 3 N–H and O–H groups in total. The van der Waals surface area contributed by atoms with Crippen LogP contribution in [0.25, 0.3) is 0 Å². The van der Waals surface area contributed by atoms with Gasteiger partial charge in [0.05, 0.1) is 18.8 Å². The Labute approximate surface area is 65.6 Å². The molecule has 0 aliphatic heterocycles. The molecule has 0 saturated carbocycles. The number of aliphatic hydroxyl groups excluding tert-OH is 1. The highest BCUT2D eigenvalue weighted by Crippen LogP contribution is 1.95. The topological polar surface area (TPSA) is 64.1 Å². The number of hydrogen-bond donors (Lipinski definition) is 2. The van der Waals surface area contributed by atoms with Crippen LogP contribution >= 0.6 is 0 Å². The van der Waals surface area contributed by atoms with E-state index in [1.54, 1.807) is 10.9 Å². The largest absolute Gasteiger partial charge is 0.390 e. The minimum Gasteiger partial charge on any atom is -0.390 e. The molecule has 11 heavy (non-hydrogen) atoms. The second-order valence-electron chi connectivity index (χ2n) is 2.63. The van der Waals surface area contributed by atoms with E-state index in [0.29, 0.717) is 6.54 Å². The fourth-order valence-electron chi connectivity index (χ4n) is 0.857. The SMILES string of the molecule is Cc1cnn(CC(O)CN)c1. The Hall–Kier alpha value is -0.870. The van der Waals surface area contributed by atoms with Crippen molar-refractivity contribution in [1.82, 2.24) is 9.78 Å². The van der Waals surface area contributed by atoms with Gasteiger partial charge in [-0.25, -0.2) is 0 Å². The number of aryl methyl sites for hydroxylation is 1. The summed E-state index contributed by atoms with van der Waals surface area (Å²) in [5, 5.41) is 13.1. The smallest absolute Gasteiger partial charge is 0.0857 e. The first kappa shape index (κ1) is 8.23. The number of aliphatic hydroxyl groups is 1. The molecule has 1 unspecified atom stereocenters. The van der Waals surface area contributed by atoms with Gasteiger partial charge in [-0.05, 0) is 12.5 Å². The van der Waals surface area contributed by atoms with Crippen LogP contribution in [0.4, 0.5) is 0 Å². The maximum atomic E-state index is 9.13. The summed E-state index contributed by atoms with van der Waals surface area (Å²) in [5.74, 6) is 0. The van der Waals surface area contributed by atoms with E-state index in [9.17, 15) is 0 Å². The highest BCUT2D eigenvalue weighted by molar-refractivity contribution is 4.99. The number of rotatable bonds is 3. The van der Waals surface area contributed by atoms with E-state index >= 15 is 0 Å². The first-order valence-electron chi connectivity index (χ1n) is 3.59. The van der Waals surface area contributed by atoms with Crippen LogP contribution in [0.2, 0.25) is 0 Å². The molecule has 0 amide bonds. The lowest BCUT2D eigenvalue weighted by Crippen LogP contribution is -2.25. The lowest BCUT2D eigenvalue weighted by atomic mass is 10.3. The molecule has 0 aliphatic rings. The Morgan fingerprint density at radius 1 is 1.82 bits per heavy atom. The normalized spacial score (nSPS) is 13.4. The van der Waals surface area contributed by atoms with E-state index in [4.69, 9.17) is 10.8 Å². The van der Waals surface area contributed by atoms with Crippen LogP contribution < -0.4 is 5.73 Å². The summed E-state index contributed by atoms with van der Waals surface area (Å²) in [7, 11) is 0. The highest BCUT2D eigenvalue weighted by atomic mass is 16.3. The van der Waals surface area contributed by atoms with Gasteiger partial charge in [0.15, 0.2) is 0 Å². The second-order valence-corrected chi connectivity index (χ2v) is 2.63.